The average Bonchev–Trinajstić information content (AvgIpc) is 2.80. The summed E-state index contributed by atoms with van der Waals surface area (Å²) in [6.45, 7) is 9.48. The molecule has 2 aliphatic carbocycles. The molecule has 3 nitrogen and oxygen atoms in total. The van der Waals surface area contributed by atoms with Crippen LogP contribution in [0.4, 0.5) is 0 Å². The zero-order valence-corrected chi connectivity index (χ0v) is 15.7. The van der Waals surface area contributed by atoms with Crippen molar-refractivity contribution in [2.45, 2.75) is 63.9 Å². The average molecular weight is 336 g/mol. The summed E-state index contributed by atoms with van der Waals surface area (Å²) < 4.78 is 23.2. The van der Waals surface area contributed by atoms with E-state index in [4.69, 9.17) is 0 Å². The highest BCUT2D eigenvalue weighted by atomic mass is 32.2. The van der Waals surface area contributed by atoms with Crippen LogP contribution in [0.5, 0.6) is 0 Å². The van der Waals surface area contributed by atoms with Gasteiger partial charge in [0.15, 0.2) is 9.84 Å². The van der Waals surface area contributed by atoms with Crippen LogP contribution in [0.1, 0.15) is 58.6 Å². The molecule has 1 aromatic carbocycles. The molecule has 4 heteroatoms. The molecule has 4 atom stereocenters. The predicted molar refractivity (Wildman–Crippen MR) is 94.1 cm³/mol. The maximum Gasteiger partial charge on any atom is 0.175 e. The first kappa shape index (κ1) is 17.0. The Morgan fingerprint density at radius 1 is 1.17 bits per heavy atom. The summed E-state index contributed by atoms with van der Waals surface area (Å²) in [5, 5.41) is 3.83. The number of hydrogen-bond donors (Lipinski definition) is 1. The summed E-state index contributed by atoms with van der Waals surface area (Å²) in [6, 6.07) is 8.09. The largest absolute Gasteiger partial charge is 0.307 e. The highest BCUT2D eigenvalue weighted by molar-refractivity contribution is 7.90. The molecule has 23 heavy (non-hydrogen) atoms. The van der Waals surface area contributed by atoms with Crippen LogP contribution in [0, 0.1) is 16.7 Å². The zero-order chi connectivity index (χ0) is 17.0. The lowest BCUT2D eigenvalue weighted by Crippen LogP contribution is -2.45. The molecule has 2 aliphatic rings. The van der Waals surface area contributed by atoms with Gasteiger partial charge in [-0.3, -0.25) is 0 Å². The van der Waals surface area contributed by atoms with Crippen molar-refractivity contribution in [1.29, 1.82) is 0 Å². The highest BCUT2D eigenvalue weighted by Crippen LogP contribution is 2.65. The van der Waals surface area contributed by atoms with Gasteiger partial charge in [-0.05, 0) is 60.6 Å². The molecule has 0 aromatic heterocycles. The number of nitrogens with one attached hydrogen (secondary N) is 1. The van der Waals surface area contributed by atoms with E-state index >= 15 is 0 Å². The van der Waals surface area contributed by atoms with Crippen LogP contribution in [-0.4, -0.2) is 20.7 Å². The highest BCUT2D eigenvalue weighted by Gasteiger charge is 2.61. The molecule has 0 aliphatic heterocycles. The molecule has 0 amide bonds. The molecular formula is C19H29NO2S. The Bertz CT molecular complexity index is 693. The molecule has 2 saturated carbocycles. The Morgan fingerprint density at radius 3 is 2.22 bits per heavy atom. The molecule has 2 fully saturated rings. The smallest absolute Gasteiger partial charge is 0.175 e. The van der Waals surface area contributed by atoms with E-state index < -0.39 is 9.84 Å². The van der Waals surface area contributed by atoms with Gasteiger partial charge in [0.1, 0.15) is 0 Å². The zero-order valence-electron chi connectivity index (χ0n) is 14.9. The van der Waals surface area contributed by atoms with Crippen molar-refractivity contribution in [1.82, 2.24) is 5.32 Å². The second kappa shape index (κ2) is 5.32. The SMILES string of the molecule is C[C@H](N[C@@H]1C[C@H]2CC[C@@]1(C)C2(C)C)c1ccc(S(C)(=O)=O)cc1. The first-order valence-electron chi connectivity index (χ1n) is 8.62. The predicted octanol–water partition coefficient (Wildman–Crippen LogP) is 3.96. The number of sulfone groups is 1. The second-order valence-corrected chi connectivity index (χ2v) is 10.4. The Balaban J connectivity index is 1.75. The third-order valence-electron chi connectivity index (χ3n) is 7.05. The van der Waals surface area contributed by atoms with E-state index in [9.17, 15) is 8.42 Å². The van der Waals surface area contributed by atoms with E-state index in [1.807, 2.05) is 12.1 Å². The Kier molecular flexibility index (Phi) is 3.92. The first-order valence-corrected chi connectivity index (χ1v) is 10.5. The van der Waals surface area contributed by atoms with Crippen molar-refractivity contribution in [2.24, 2.45) is 16.7 Å². The van der Waals surface area contributed by atoms with E-state index in [0.717, 1.165) is 11.5 Å². The quantitative estimate of drug-likeness (QED) is 0.906. The Morgan fingerprint density at radius 2 is 1.78 bits per heavy atom. The van der Waals surface area contributed by atoms with Crippen molar-refractivity contribution in [3.05, 3.63) is 29.8 Å². The van der Waals surface area contributed by atoms with Gasteiger partial charge < -0.3 is 5.32 Å². The van der Waals surface area contributed by atoms with Gasteiger partial charge in [-0.15, -0.1) is 0 Å². The maximum atomic E-state index is 11.6. The fraction of sp³-hybridized carbons (Fsp3) is 0.684. The molecule has 0 spiro atoms. The fourth-order valence-corrected chi connectivity index (χ4v) is 5.49. The van der Waals surface area contributed by atoms with E-state index in [1.54, 1.807) is 12.1 Å². The van der Waals surface area contributed by atoms with Gasteiger partial charge >= 0.3 is 0 Å². The topological polar surface area (TPSA) is 46.2 Å². The monoisotopic (exact) mass is 335 g/mol. The lowest BCUT2D eigenvalue weighted by Gasteiger charge is -2.40. The molecule has 0 saturated heterocycles. The molecule has 0 heterocycles. The molecule has 2 bridgehead atoms. The number of benzene rings is 1. The molecule has 0 unspecified atom stereocenters. The third-order valence-corrected chi connectivity index (χ3v) is 8.18. The van der Waals surface area contributed by atoms with Crippen molar-refractivity contribution in [3.8, 4) is 0 Å². The molecule has 0 radical (unpaired) electrons. The van der Waals surface area contributed by atoms with Crippen LogP contribution in [0.25, 0.3) is 0 Å². The van der Waals surface area contributed by atoms with Crippen molar-refractivity contribution in [3.63, 3.8) is 0 Å². The summed E-state index contributed by atoms with van der Waals surface area (Å²) in [4.78, 5) is 0.390. The van der Waals surface area contributed by atoms with Crippen LogP contribution < -0.4 is 5.32 Å². The molecule has 1 N–H and O–H groups in total. The van der Waals surface area contributed by atoms with Crippen molar-refractivity contribution in [2.75, 3.05) is 6.26 Å². The molecular weight excluding hydrogens is 306 g/mol. The van der Waals surface area contributed by atoms with Crippen LogP contribution in [0.15, 0.2) is 29.2 Å². The van der Waals surface area contributed by atoms with Gasteiger partial charge in [0.2, 0.25) is 0 Å². The summed E-state index contributed by atoms with van der Waals surface area (Å²) in [6.07, 6.45) is 5.18. The normalized spacial score (nSPS) is 33.8. The molecule has 128 valence electrons. The first-order chi connectivity index (χ1) is 10.6. The summed E-state index contributed by atoms with van der Waals surface area (Å²) in [7, 11) is -3.12. The number of rotatable bonds is 4. The van der Waals surface area contributed by atoms with Gasteiger partial charge in [-0.1, -0.05) is 32.9 Å². The Hall–Kier alpha value is -0.870. The Labute approximate surface area is 140 Å². The van der Waals surface area contributed by atoms with E-state index in [1.165, 1.54) is 25.5 Å². The minimum Gasteiger partial charge on any atom is -0.307 e. The summed E-state index contributed by atoms with van der Waals surface area (Å²) >= 11 is 0. The lowest BCUT2D eigenvalue weighted by atomic mass is 9.69. The van der Waals surface area contributed by atoms with Crippen LogP contribution in [0.3, 0.4) is 0 Å². The van der Waals surface area contributed by atoms with E-state index in [0.29, 0.717) is 21.8 Å². The maximum absolute atomic E-state index is 11.6. The third kappa shape index (κ3) is 2.64. The van der Waals surface area contributed by atoms with E-state index in [-0.39, 0.29) is 6.04 Å². The molecule has 1 aromatic rings. The minimum absolute atomic E-state index is 0.237. The lowest BCUT2D eigenvalue weighted by molar-refractivity contribution is 0.116. The van der Waals surface area contributed by atoms with Crippen molar-refractivity contribution >= 4 is 9.84 Å². The van der Waals surface area contributed by atoms with E-state index in [2.05, 4.69) is 33.0 Å². The number of fused-ring (bicyclic) bond motifs is 2. The van der Waals surface area contributed by atoms with Gasteiger partial charge in [0.05, 0.1) is 4.90 Å². The minimum atomic E-state index is -3.12. The fourth-order valence-electron chi connectivity index (χ4n) is 4.86. The van der Waals surface area contributed by atoms with Gasteiger partial charge in [0, 0.05) is 18.3 Å². The van der Waals surface area contributed by atoms with Crippen LogP contribution in [0.2, 0.25) is 0 Å². The summed E-state index contributed by atoms with van der Waals surface area (Å²) in [5.41, 5.74) is 1.92. The second-order valence-electron chi connectivity index (χ2n) is 8.39. The van der Waals surface area contributed by atoms with Gasteiger partial charge in [-0.2, -0.15) is 0 Å². The van der Waals surface area contributed by atoms with Gasteiger partial charge in [0.25, 0.3) is 0 Å². The van der Waals surface area contributed by atoms with Crippen molar-refractivity contribution < 1.29 is 8.42 Å². The van der Waals surface area contributed by atoms with Gasteiger partial charge in [-0.25, -0.2) is 8.42 Å². The standard InChI is InChI=1S/C19H29NO2S/c1-13(14-6-8-16(9-7-14)23(5,21)22)20-17-12-15-10-11-19(17,4)18(15,2)3/h6-9,13,15,17,20H,10-12H2,1-5H3/t13-,15+,17+,19+/m0/s1. The summed E-state index contributed by atoms with van der Waals surface area (Å²) in [5.74, 6) is 0.824. The number of hydrogen-bond acceptors (Lipinski definition) is 3. The van der Waals surface area contributed by atoms with Crippen LogP contribution in [-0.2, 0) is 9.84 Å². The van der Waals surface area contributed by atoms with Crippen LogP contribution >= 0.6 is 0 Å². The molecule has 3 rings (SSSR count).